The van der Waals surface area contributed by atoms with Crippen LogP contribution in [0.3, 0.4) is 0 Å². The lowest BCUT2D eigenvalue weighted by Crippen LogP contribution is -2.23. The number of rotatable bonds is 8. The van der Waals surface area contributed by atoms with Gasteiger partial charge in [0.1, 0.15) is 0 Å². The third-order valence-electron chi connectivity index (χ3n) is 2.40. The van der Waals surface area contributed by atoms with Crippen molar-refractivity contribution in [2.75, 3.05) is 19.6 Å². The van der Waals surface area contributed by atoms with Crippen LogP contribution in [0.15, 0.2) is 12.2 Å². The number of carbonyl (C=O) groups is 1. The van der Waals surface area contributed by atoms with Crippen LogP contribution in [-0.4, -0.2) is 35.6 Å². The first-order chi connectivity index (χ1) is 6.61. The van der Waals surface area contributed by atoms with Crippen LogP contribution in [0.4, 0.5) is 0 Å². The highest BCUT2D eigenvalue weighted by atomic mass is 16.4. The Morgan fingerprint density at radius 2 is 1.86 bits per heavy atom. The molecular formula is C11H21NO2. The number of hydrogen-bond acceptors (Lipinski definition) is 2. The molecule has 0 saturated heterocycles. The van der Waals surface area contributed by atoms with Crippen molar-refractivity contribution in [2.45, 2.75) is 33.1 Å². The molecule has 0 aliphatic rings. The molecule has 0 amide bonds. The first-order valence-corrected chi connectivity index (χ1v) is 5.25. The maximum Gasteiger partial charge on any atom is 0.330 e. The zero-order valence-corrected chi connectivity index (χ0v) is 9.25. The summed E-state index contributed by atoms with van der Waals surface area (Å²) in [5.41, 5.74) is 0.324. The maximum absolute atomic E-state index is 10.4. The molecule has 0 rings (SSSR count). The third kappa shape index (κ3) is 5.75. The van der Waals surface area contributed by atoms with Crippen molar-refractivity contribution in [3.63, 3.8) is 0 Å². The largest absolute Gasteiger partial charge is 0.478 e. The molecular weight excluding hydrogens is 178 g/mol. The van der Waals surface area contributed by atoms with Crippen molar-refractivity contribution in [1.29, 1.82) is 0 Å². The molecule has 82 valence electrons. The Balaban J connectivity index is 3.46. The SMILES string of the molecule is C=C(CCCCN(CC)CC)C(=O)O. The van der Waals surface area contributed by atoms with Crippen LogP contribution in [0.25, 0.3) is 0 Å². The maximum atomic E-state index is 10.4. The normalized spacial score (nSPS) is 10.5. The fraction of sp³-hybridized carbons (Fsp3) is 0.727. The van der Waals surface area contributed by atoms with Crippen molar-refractivity contribution in [1.82, 2.24) is 4.90 Å². The van der Waals surface area contributed by atoms with Crippen LogP contribution in [0.1, 0.15) is 33.1 Å². The zero-order valence-electron chi connectivity index (χ0n) is 9.25. The topological polar surface area (TPSA) is 40.5 Å². The summed E-state index contributed by atoms with van der Waals surface area (Å²) in [6, 6.07) is 0. The van der Waals surface area contributed by atoms with E-state index < -0.39 is 5.97 Å². The molecule has 0 aliphatic heterocycles. The van der Waals surface area contributed by atoms with Gasteiger partial charge in [-0.2, -0.15) is 0 Å². The molecule has 0 aromatic heterocycles. The molecule has 0 heterocycles. The van der Waals surface area contributed by atoms with Gasteiger partial charge in [-0.05, 0) is 38.9 Å². The monoisotopic (exact) mass is 199 g/mol. The van der Waals surface area contributed by atoms with Crippen LogP contribution in [0.5, 0.6) is 0 Å². The number of unbranched alkanes of at least 4 members (excludes halogenated alkanes) is 1. The molecule has 0 aromatic rings. The number of carboxylic acid groups (broad SMARTS) is 1. The standard InChI is InChI=1S/C11H21NO2/c1-4-12(5-2)9-7-6-8-10(3)11(13)14/h3-9H2,1-2H3,(H,13,14). The van der Waals surface area contributed by atoms with Crippen molar-refractivity contribution in [2.24, 2.45) is 0 Å². The second kappa shape index (κ2) is 7.56. The average molecular weight is 199 g/mol. The Hall–Kier alpha value is -0.830. The molecule has 3 nitrogen and oxygen atoms in total. The van der Waals surface area contributed by atoms with Crippen LogP contribution >= 0.6 is 0 Å². The van der Waals surface area contributed by atoms with Gasteiger partial charge in [0, 0.05) is 5.57 Å². The summed E-state index contributed by atoms with van der Waals surface area (Å²) in [5.74, 6) is -0.868. The van der Waals surface area contributed by atoms with Gasteiger partial charge in [0.05, 0.1) is 0 Å². The summed E-state index contributed by atoms with van der Waals surface area (Å²) in [5, 5.41) is 8.57. The zero-order chi connectivity index (χ0) is 11.0. The fourth-order valence-electron chi connectivity index (χ4n) is 1.32. The van der Waals surface area contributed by atoms with E-state index in [4.69, 9.17) is 5.11 Å². The molecule has 0 unspecified atom stereocenters. The van der Waals surface area contributed by atoms with E-state index in [0.29, 0.717) is 12.0 Å². The molecule has 0 spiro atoms. The fourth-order valence-corrected chi connectivity index (χ4v) is 1.32. The summed E-state index contributed by atoms with van der Waals surface area (Å²) in [7, 11) is 0. The highest BCUT2D eigenvalue weighted by Crippen LogP contribution is 2.06. The van der Waals surface area contributed by atoms with E-state index >= 15 is 0 Å². The van der Waals surface area contributed by atoms with Gasteiger partial charge in [-0.1, -0.05) is 20.4 Å². The van der Waals surface area contributed by atoms with Gasteiger partial charge >= 0.3 is 5.97 Å². The number of hydrogen-bond donors (Lipinski definition) is 1. The first kappa shape index (κ1) is 13.2. The molecule has 0 aliphatic carbocycles. The summed E-state index contributed by atoms with van der Waals surface area (Å²) in [6.45, 7) is 11.0. The van der Waals surface area contributed by atoms with Crippen molar-refractivity contribution in [3.8, 4) is 0 Å². The molecule has 0 saturated carbocycles. The summed E-state index contributed by atoms with van der Waals surface area (Å²) in [4.78, 5) is 12.8. The summed E-state index contributed by atoms with van der Waals surface area (Å²) in [6.07, 6.45) is 2.58. The van der Waals surface area contributed by atoms with Crippen LogP contribution in [0, 0.1) is 0 Å². The van der Waals surface area contributed by atoms with E-state index in [9.17, 15) is 4.79 Å². The van der Waals surface area contributed by atoms with Gasteiger partial charge in [-0.25, -0.2) is 4.79 Å². The predicted octanol–water partition coefficient (Wildman–Crippen LogP) is 2.14. The Bertz CT molecular complexity index is 186. The van der Waals surface area contributed by atoms with E-state index in [1.54, 1.807) is 0 Å². The van der Waals surface area contributed by atoms with Crippen molar-refractivity contribution < 1.29 is 9.90 Å². The minimum atomic E-state index is -0.868. The van der Waals surface area contributed by atoms with Crippen molar-refractivity contribution in [3.05, 3.63) is 12.2 Å². The second-order valence-electron chi connectivity index (χ2n) is 3.39. The molecule has 0 fully saturated rings. The Kier molecular flexibility index (Phi) is 7.11. The number of nitrogens with zero attached hydrogens (tertiary/aromatic N) is 1. The predicted molar refractivity (Wildman–Crippen MR) is 58.4 cm³/mol. The first-order valence-electron chi connectivity index (χ1n) is 5.25. The Labute approximate surface area is 86.4 Å². The lowest BCUT2D eigenvalue weighted by atomic mass is 10.1. The summed E-state index contributed by atoms with van der Waals surface area (Å²) >= 11 is 0. The lowest BCUT2D eigenvalue weighted by Gasteiger charge is -2.17. The van der Waals surface area contributed by atoms with Crippen LogP contribution in [0.2, 0.25) is 0 Å². The van der Waals surface area contributed by atoms with Crippen LogP contribution < -0.4 is 0 Å². The van der Waals surface area contributed by atoms with Gasteiger partial charge in [-0.3, -0.25) is 0 Å². The number of aliphatic carboxylic acids is 1. The smallest absolute Gasteiger partial charge is 0.330 e. The Morgan fingerprint density at radius 1 is 1.29 bits per heavy atom. The van der Waals surface area contributed by atoms with E-state index in [0.717, 1.165) is 32.5 Å². The van der Waals surface area contributed by atoms with Gasteiger partial charge in [0.25, 0.3) is 0 Å². The minimum Gasteiger partial charge on any atom is -0.478 e. The average Bonchev–Trinajstić information content (AvgIpc) is 2.17. The molecule has 0 radical (unpaired) electrons. The molecule has 14 heavy (non-hydrogen) atoms. The molecule has 1 N–H and O–H groups in total. The molecule has 3 heteroatoms. The van der Waals surface area contributed by atoms with Gasteiger partial charge in [0.2, 0.25) is 0 Å². The highest BCUT2D eigenvalue weighted by molar-refractivity contribution is 5.85. The van der Waals surface area contributed by atoms with E-state index in [1.165, 1.54) is 0 Å². The quantitative estimate of drug-likeness (QED) is 0.481. The van der Waals surface area contributed by atoms with E-state index in [-0.39, 0.29) is 0 Å². The van der Waals surface area contributed by atoms with Gasteiger partial charge in [0.15, 0.2) is 0 Å². The molecule has 0 bridgehead atoms. The van der Waals surface area contributed by atoms with Crippen LogP contribution in [-0.2, 0) is 4.79 Å². The molecule has 0 atom stereocenters. The van der Waals surface area contributed by atoms with Crippen molar-refractivity contribution >= 4 is 5.97 Å². The Morgan fingerprint density at radius 3 is 2.29 bits per heavy atom. The summed E-state index contributed by atoms with van der Waals surface area (Å²) < 4.78 is 0. The van der Waals surface area contributed by atoms with Gasteiger partial charge in [-0.15, -0.1) is 0 Å². The lowest BCUT2D eigenvalue weighted by molar-refractivity contribution is -0.132. The van der Waals surface area contributed by atoms with E-state index in [1.807, 2.05) is 0 Å². The third-order valence-corrected chi connectivity index (χ3v) is 2.40. The number of carboxylic acids is 1. The van der Waals surface area contributed by atoms with Gasteiger partial charge < -0.3 is 10.0 Å². The molecule has 0 aromatic carbocycles. The minimum absolute atomic E-state index is 0.324. The highest BCUT2D eigenvalue weighted by Gasteiger charge is 2.03. The van der Waals surface area contributed by atoms with E-state index in [2.05, 4.69) is 25.3 Å². The second-order valence-corrected chi connectivity index (χ2v) is 3.39.